The van der Waals surface area contributed by atoms with E-state index in [0.717, 1.165) is 101 Å². The largest absolute Gasteiger partial charge is 0.456 e. The Morgan fingerprint density at radius 2 is 0.493 bits per heavy atom. The molecule has 13 rings (SSSR count). The van der Waals surface area contributed by atoms with Gasteiger partial charge in [0.15, 0.2) is 0 Å². The maximum atomic E-state index is 6.65. The van der Waals surface area contributed by atoms with Crippen LogP contribution in [-0.4, -0.2) is 0 Å². The molecule has 0 aliphatic rings. The first-order chi connectivity index (χ1) is 37.2. The minimum absolute atomic E-state index is 0.842. The molecule has 0 spiro atoms. The lowest BCUT2D eigenvalue weighted by Crippen LogP contribution is -2.15. The van der Waals surface area contributed by atoms with Crippen LogP contribution in [0.15, 0.2) is 308 Å². The fourth-order valence-electron chi connectivity index (χ4n) is 10.5. The van der Waals surface area contributed by atoms with E-state index in [-0.39, 0.29) is 0 Å². The number of para-hydroxylation sites is 1. The number of rotatable bonds is 12. The molecule has 3 heteroatoms. The quantitative estimate of drug-likeness (QED) is 0.122. The molecule has 0 fully saturated rings. The predicted octanol–water partition coefficient (Wildman–Crippen LogP) is 20.5. The molecule has 354 valence electrons. The second-order valence-corrected chi connectivity index (χ2v) is 18.9. The molecule has 0 aliphatic heterocycles. The first-order valence-electron chi connectivity index (χ1n) is 25.6. The topological polar surface area (TPSA) is 19.6 Å². The molecule has 75 heavy (non-hydrogen) atoms. The number of anilines is 6. The fourth-order valence-corrected chi connectivity index (χ4v) is 10.5. The van der Waals surface area contributed by atoms with Gasteiger partial charge in [-0.1, -0.05) is 224 Å². The zero-order valence-corrected chi connectivity index (χ0v) is 41.2. The van der Waals surface area contributed by atoms with Gasteiger partial charge in [-0.25, -0.2) is 0 Å². The summed E-state index contributed by atoms with van der Waals surface area (Å²) in [5.41, 5.74) is 21.4. The van der Waals surface area contributed by atoms with E-state index in [1.165, 1.54) is 22.3 Å². The van der Waals surface area contributed by atoms with E-state index in [1.54, 1.807) is 0 Å². The van der Waals surface area contributed by atoms with Crippen LogP contribution in [0.2, 0.25) is 0 Å². The average molecular weight is 959 g/mol. The highest BCUT2D eigenvalue weighted by Crippen LogP contribution is 2.51. The second kappa shape index (κ2) is 19.9. The summed E-state index contributed by atoms with van der Waals surface area (Å²) in [5.74, 6) is 0. The molecule has 0 saturated carbocycles. The van der Waals surface area contributed by atoms with Crippen LogP contribution < -0.4 is 9.80 Å². The number of fused-ring (bicyclic) bond motifs is 3. The SMILES string of the molecule is c1ccc(-c2ccc(N(c3ccc(-c4ccccc4)cc3)c3cc(N(c4ccc(-c5ccccc5)cc4)c4ccc(-c5ccccc5)cc4)c(-c4ccc5c(c4)oc4ccccc45)cc3-c3ccccc3)cc2)cc1. The van der Waals surface area contributed by atoms with E-state index in [4.69, 9.17) is 4.42 Å². The molecule has 0 radical (unpaired) electrons. The summed E-state index contributed by atoms with van der Waals surface area (Å²) in [6.45, 7) is 0. The highest BCUT2D eigenvalue weighted by molar-refractivity contribution is 6.07. The monoisotopic (exact) mass is 958 g/mol. The van der Waals surface area contributed by atoms with Gasteiger partial charge in [0, 0.05) is 44.6 Å². The van der Waals surface area contributed by atoms with Gasteiger partial charge in [-0.15, -0.1) is 0 Å². The highest BCUT2D eigenvalue weighted by atomic mass is 16.3. The van der Waals surface area contributed by atoms with E-state index in [0.29, 0.717) is 0 Å². The highest BCUT2D eigenvalue weighted by Gasteiger charge is 2.26. The third-order valence-corrected chi connectivity index (χ3v) is 14.3. The summed E-state index contributed by atoms with van der Waals surface area (Å²) in [4.78, 5) is 4.85. The minimum atomic E-state index is 0.842. The summed E-state index contributed by atoms with van der Waals surface area (Å²) in [6.07, 6.45) is 0. The van der Waals surface area contributed by atoms with E-state index in [1.807, 2.05) is 6.07 Å². The Morgan fingerprint density at radius 1 is 0.200 bits per heavy atom. The molecule has 0 saturated heterocycles. The van der Waals surface area contributed by atoms with Crippen molar-refractivity contribution in [2.75, 3.05) is 9.80 Å². The van der Waals surface area contributed by atoms with Crippen molar-refractivity contribution in [3.63, 3.8) is 0 Å². The van der Waals surface area contributed by atoms with Gasteiger partial charge in [0.2, 0.25) is 0 Å². The van der Waals surface area contributed by atoms with E-state index in [2.05, 4.69) is 307 Å². The Bertz CT molecular complexity index is 3880. The van der Waals surface area contributed by atoms with Crippen molar-refractivity contribution in [3.8, 4) is 66.8 Å². The number of hydrogen-bond donors (Lipinski definition) is 0. The Kier molecular flexibility index (Phi) is 11.9. The van der Waals surface area contributed by atoms with Crippen LogP contribution in [0, 0.1) is 0 Å². The molecule has 0 aliphatic carbocycles. The third-order valence-electron chi connectivity index (χ3n) is 14.3. The molecular weight excluding hydrogens is 909 g/mol. The number of hydrogen-bond acceptors (Lipinski definition) is 3. The third kappa shape index (κ3) is 8.94. The molecular formula is C72H50N2O. The number of benzene rings is 12. The first-order valence-corrected chi connectivity index (χ1v) is 25.6. The van der Waals surface area contributed by atoms with Crippen molar-refractivity contribution in [2.45, 2.75) is 0 Å². The standard InChI is InChI=1S/C72H50N2O/c1-6-18-51(19-7-1)55-30-39-61(40-31-55)73(62-41-32-56(33-42-62)52-20-8-2-9-21-52)69-50-70(68(49-67(69)59-26-14-5-15-27-59)60-38-47-66-65-28-16-17-29-71(65)75-72(66)48-60)74(63-43-34-57(35-44-63)53-22-10-3-11-23-53)64-45-36-58(37-46-64)54-24-12-4-13-25-54/h1-50H. The van der Waals surface area contributed by atoms with Crippen LogP contribution in [0.25, 0.3) is 88.7 Å². The van der Waals surface area contributed by atoms with Crippen LogP contribution in [0.1, 0.15) is 0 Å². The summed E-state index contributed by atoms with van der Waals surface area (Å²) in [5, 5.41) is 2.19. The van der Waals surface area contributed by atoms with Gasteiger partial charge in [-0.05, 0) is 134 Å². The Labute approximate surface area is 438 Å². The first kappa shape index (κ1) is 44.9. The van der Waals surface area contributed by atoms with Crippen LogP contribution >= 0.6 is 0 Å². The maximum Gasteiger partial charge on any atom is 0.136 e. The van der Waals surface area contributed by atoms with Crippen molar-refractivity contribution >= 4 is 56.1 Å². The van der Waals surface area contributed by atoms with Gasteiger partial charge in [0.25, 0.3) is 0 Å². The van der Waals surface area contributed by atoms with Crippen molar-refractivity contribution in [1.82, 2.24) is 0 Å². The maximum absolute atomic E-state index is 6.65. The normalized spacial score (nSPS) is 11.2. The minimum Gasteiger partial charge on any atom is -0.456 e. The van der Waals surface area contributed by atoms with Gasteiger partial charge < -0.3 is 14.2 Å². The molecule has 1 aromatic heterocycles. The lowest BCUT2D eigenvalue weighted by Gasteiger charge is -2.33. The van der Waals surface area contributed by atoms with Crippen LogP contribution in [0.3, 0.4) is 0 Å². The van der Waals surface area contributed by atoms with Crippen molar-refractivity contribution in [3.05, 3.63) is 303 Å². The van der Waals surface area contributed by atoms with Gasteiger partial charge in [-0.2, -0.15) is 0 Å². The van der Waals surface area contributed by atoms with E-state index in [9.17, 15) is 0 Å². The predicted molar refractivity (Wildman–Crippen MR) is 316 cm³/mol. The molecule has 0 amide bonds. The molecule has 13 aromatic rings. The lowest BCUT2D eigenvalue weighted by molar-refractivity contribution is 0.669. The number of nitrogens with zero attached hydrogens (tertiary/aromatic N) is 2. The molecule has 0 unspecified atom stereocenters. The Morgan fingerprint density at radius 3 is 0.880 bits per heavy atom. The zero-order valence-electron chi connectivity index (χ0n) is 41.2. The molecule has 12 aromatic carbocycles. The molecule has 0 N–H and O–H groups in total. The van der Waals surface area contributed by atoms with Crippen LogP contribution in [0.5, 0.6) is 0 Å². The molecule has 0 atom stereocenters. The second-order valence-electron chi connectivity index (χ2n) is 18.9. The van der Waals surface area contributed by atoms with Crippen LogP contribution in [0.4, 0.5) is 34.1 Å². The van der Waals surface area contributed by atoms with Crippen molar-refractivity contribution in [2.24, 2.45) is 0 Å². The summed E-state index contributed by atoms with van der Waals surface area (Å²) >= 11 is 0. The number of furan rings is 1. The molecule has 3 nitrogen and oxygen atoms in total. The smallest absolute Gasteiger partial charge is 0.136 e. The van der Waals surface area contributed by atoms with Gasteiger partial charge in [0.1, 0.15) is 11.2 Å². The summed E-state index contributed by atoms with van der Waals surface area (Å²) < 4.78 is 6.65. The van der Waals surface area contributed by atoms with Gasteiger partial charge in [-0.3, -0.25) is 0 Å². The molecule has 0 bridgehead atoms. The van der Waals surface area contributed by atoms with Crippen molar-refractivity contribution < 1.29 is 4.42 Å². The summed E-state index contributed by atoms with van der Waals surface area (Å²) in [7, 11) is 0. The molecule has 1 heterocycles. The van der Waals surface area contributed by atoms with Crippen molar-refractivity contribution in [1.29, 1.82) is 0 Å². The Balaban J connectivity index is 1.09. The zero-order chi connectivity index (χ0) is 49.9. The summed E-state index contributed by atoms with van der Waals surface area (Å²) in [6, 6.07) is 109. The van der Waals surface area contributed by atoms with E-state index >= 15 is 0 Å². The Hall–Kier alpha value is -9.96. The fraction of sp³-hybridized carbons (Fsp3) is 0. The van der Waals surface area contributed by atoms with Gasteiger partial charge in [0.05, 0.1) is 11.4 Å². The van der Waals surface area contributed by atoms with Gasteiger partial charge >= 0.3 is 0 Å². The van der Waals surface area contributed by atoms with Crippen LogP contribution in [-0.2, 0) is 0 Å². The van der Waals surface area contributed by atoms with E-state index < -0.39 is 0 Å². The average Bonchev–Trinajstić information content (AvgIpc) is 3.88. The lowest BCUT2D eigenvalue weighted by atomic mass is 9.92.